The van der Waals surface area contributed by atoms with Crippen molar-refractivity contribution in [2.75, 3.05) is 0 Å². The molecule has 0 aromatic heterocycles. The third-order valence-corrected chi connectivity index (χ3v) is 2.01. The van der Waals surface area contributed by atoms with E-state index in [0.29, 0.717) is 0 Å². The normalized spacial score (nSPS) is 25.4. The molecule has 27 valence electrons. The van der Waals surface area contributed by atoms with Crippen LogP contribution in [-0.2, 0) is 20.4 Å². The van der Waals surface area contributed by atoms with Crippen molar-refractivity contribution in [3.63, 3.8) is 0 Å². The second-order valence-corrected chi connectivity index (χ2v) is 2.90. The van der Waals surface area contributed by atoms with Gasteiger partial charge in [0, 0.05) is 0 Å². The summed E-state index contributed by atoms with van der Waals surface area (Å²) in [6.45, 7) is 0. The number of hydrogen-bond donors (Lipinski definition) is 0. The molecular formula is C4H7Ti. The van der Waals surface area contributed by atoms with Gasteiger partial charge in [-0.1, -0.05) is 0 Å². The molecule has 1 aliphatic carbocycles. The van der Waals surface area contributed by atoms with Crippen molar-refractivity contribution < 1.29 is 20.4 Å². The van der Waals surface area contributed by atoms with Gasteiger partial charge in [0.05, 0.1) is 0 Å². The molecule has 1 heteroatoms. The van der Waals surface area contributed by atoms with Gasteiger partial charge in [0.1, 0.15) is 0 Å². The molecule has 0 atom stereocenters. The Hall–Kier alpha value is 0.714. The predicted molar refractivity (Wildman–Crippen MR) is 17.6 cm³/mol. The molecule has 0 N–H and O–H groups in total. The summed E-state index contributed by atoms with van der Waals surface area (Å²) in [4.78, 5) is 0. The Balaban J connectivity index is 2.08. The van der Waals surface area contributed by atoms with E-state index in [1.807, 2.05) is 0 Å². The summed E-state index contributed by atoms with van der Waals surface area (Å²) in [5, 5.41) is 0. The van der Waals surface area contributed by atoms with Gasteiger partial charge in [0.2, 0.25) is 0 Å². The molecule has 0 saturated heterocycles. The third-order valence-electron chi connectivity index (χ3n) is 1.11. The molecule has 0 bridgehead atoms. The summed E-state index contributed by atoms with van der Waals surface area (Å²) in [7, 11) is 0. The van der Waals surface area contributed by atoms with Crippen LogP contribution in [0.4, 0.5) is 0 Å². The molecule has 0 spiro atoms. The van der Waals surface area contributed by atoms with Crippen LogP contribution in [0.5, 0.6) is 0 Å². The van der Waals surface area contributed by atoms with E-state index >= 15 is 0 Å². The van der Waals surface area contributed by atoms with Crippen molar-refractivity contribution in [3.8, 4) is 0 Å². The third kappa shape index (κ3) is 0.770. The van der Waals surface area contributed by atoms with Crippen molar-refractivity contribution in [1.82, 2.24) is 0 Å². The molecule has 5 heavy (non-hydrogen) atoms. The van der Waals surface area contributed by atoms with Gasteiger partial charge in [-0.25, -0.2) is 0 Å². The van der Waals surface area contributed by atoms with Crippen molar-refractivity contribution >= 4 is 0 Å². The van der Waals surface area contributed by atoms with Crippen LogP contribution >= 0.6 is 0 Å². The van der Waals surface area contributed by atoms with Gasteiger partial charge in [0.25, 0.3) is 0 Å². The Bertz CT molecular complexity index is 30.6. The fourth-order valence-electron chi connectivity index (χ4n) is 0.408. The summed E-state index contributed by atoms with van der Waals surface area (Å²) >= 11 is 2.31. The fraction of sp³-hybridized carbons (Fsp3) is 1.00. The predicted octanol–water partition coefficient (Wildman–Crippen LogP) is 1.51. The summed E-state index contributed by atoms with van der Waals surface area (Å²) in [6.07, 6.45) is 4.46. The summed E-state index contributed by atoms with van der Waals surface area (Å²) in [6, 6.07) is 0. The summed E-state index contributed by atoms with van der Waals surface area (Å²) in [5.74, 6) is 0. The Morgan fingerprint density at radius 2 is 1.80 bits per heavy atom. The van der Waals surface area contributed by atoms with E-state index in [0.717, 1.165) is 4.22 Å². The molecule has 0 aromatic carbocycles. The molecule has 0 nitrogen and oxygen atoms in total. The van der Waals surface area contributed by atoms with Gasteiger partial charge in [-0.2, -0.15) is 0 Å². The first-order valence-electron chi connectivity index (χ1n) is 2.11. The molecule has 1 saturated carbocycles. The average molecular weight is 103 g/mol. The van der Waals surface area contributed by atoms with E-state index in [1.54, 1.807) is 0 Å². The quantitative estimate of drug-likeness (QED) is 0.407. The van der Waals surface area contributed by atoms with Crippen LogP contribution in [-0.4, -0.2) is 0 Å². The van der Waals surface area contributed by atoms with Crippen LogP contribution in [0.15, 0.2) is 0 Å². The maximum absolute atomic E-state index is 2.31. The zero-order valence-corrected chi connectivity index (χ0v) is 4.76. The van der Waals surface area contributed by atoms with Crippen molar-refractivity contribution in [1.29, 1.82) is 0 Å². The van der Waals surface area contributed by atoms with Gasteiger partial charge in [0.15, 0.2) is 0 Å². The molecule has 1 rings (SSSR count). The van der Waals surface area contributed by atoms with Gasteiger partial charge < -0.3 is 0 Å². The molecule has 0 amide bonds. The Morgan fingerprint density at radius 3 is 1.80 bits per heavy atom. The Kier molecular flexibility index (Phi) is 1.12. The molecule has 1 aliphatic rings. The minimum atomic E-state index is 1.06. The maximum atomic E-state index is 2.31. The molecule has 0 aliphatic heterocycles. The summed E-state index contributed by atoms with van der Waals surface area (Å²) < 4.78 is 1.06. The van der Waals surface area contributed by atoms with E-state index in [9.17, 15) is 0 Å². The van der Waals surface area contributed by atoms with Crippen LogP contribution in [0.3, 0.4) is 0 Å². The van der Waals surface area contributed by atoms with Crippen molar-refractivity contribution in [3.05, 3.63) is 0 Å². The van der Waals surface area contributed by atoms with Gasteiger partial charge in [-0.15, -0.1) is 0 Å². The van der Waals surface area contributed by atoms with Gasteiger partial charge in [-0.05, 0) is 0 Å². The van der Waals surface area contributed by atoms with E-state index < -0.39 is 0 Å². The van der Waals surface area contributed by atoms with Crippen LogP contribution in [0.25, 0.3) is 0 Å². The molecule has 0 aromatic rings. The van der Waals surface area contributed by atoms with Crippen LogP contribution in [0.1, 0.15) is 19.3 Å². The van der Waals surface area contributed by atoms with E-state index in [-0.39, 0.29) is 0 Å². The van der Waals surface area contributed by atoms with Crippen LogP contribution < -0.4 is 0 Å². The first-order chi connectivity index (χ1) is 2.39. The van der Waals surface area contributed by atoms with E-state index in [1.165, 1.54) is 19.3 Å². The molecule has 0 heterocycles. The Labute approximate surface area is 44.4 Å². The number of rotatable bonds is 0. The van der Waals surface area contributed by atoms with Crippen LogP contribution in [0, 0.1) is 0 Å². The SMILES string of the molecule is [Ti][CH]1CCC1. The van der Waals surface area contributed by atoms with Crippen LogP contribution in [0.2, 0.25) is 4.22 Å². The second kappa shape index (κ2) is 1.44. The number of hydrogen-bond acceptors (Lipinski definition) is 0. The topological polar surface area (TPSA) is 0 Å². The van der Waals surface area contributed by atoms with E-state index in [2.05, 4.69) is 20.4 Å². The Morgan fingerprint density at radius 1 is 1.40 bits per heavy atom. The molecule has 1 fully saturated rings. The molecular weight excluding hydrogens is 95.9 g/mol. The van der Waals surface area contributed by atoms with E-state index in [4.69, 9.17) is 0 Å². The van der Waals surface area contributed by atoms with Crippen molar-refractivity contribution in [2.45, 2.75) is 23.5 Å². The second-order valence-electron chi connectivity index (χ2n) is 1.63. The average Bonchev–Trinajstić information content (AvgIpc) is 1.30. The first kappa shape index (κ1) is 3.89. The molecule has 0 unspecified atom stereocenters. The van der Waals surface area contributed by atoms with Gasteiger partial charge in [-0.3, -0.25) is 0 Å². The zero-order valence-electron chi connectivity index (χ0n) is 3.20. The summed E-state index contributed by atoms with van der Waals surface area (Å²) in [5.41, 5.74) is 0. The first-order valence-corrected chi connectivity index (χ1v) is 3.01. The monoisotopic (exact) mass is 103 g/mol. The van der Waals surface area contributed by atoms with Crippen molar-refractivity contribution in [2.24, 2.45) is 0 Å². The minimum absolute atomic E-state index is 1.06. The molecule has 0 radical (unpaired) electrons. The zero-order chi connectivity index (χ0) is 3.70. The fourth-order valence-corrected chi connectivity index (χ4v) is 1.05. The standard InChI is InChI=1S/C4H7.Ti/c1-2-4-3-1;/h1H,2-4H2;. The van der Waals surface area contributed by atoms with Gasteiger partial charge >= 0.3 is 43.9 Å².